The minimum atomic E-state index is 0.563. The minimum Gasteiger partial charge on any atom is -0.304 e. The van der Waals surface area contributed by atoms with Crippen molar-refractivity contribution in [2.75, 3.05) is 12.4 Å². The highest BCUT2D eigenvalue weighted by Gasteiger charge is 1.92. The molecule has 2 nitrogen and oxygen atoms in total. The zero-order valence-electron chi connectivity index (χ0n) is 6.50. The Hall–Kier alpha value is -0.220. The molecule has 0 atom stereocenters. The van der Waals surface area contributed by atoms with Gasteiger partial charge >= 0.3 is 0 Å². The van der Waals surface area contributed by atoms with Crippen molar-refractivity contribution in [2.24, 2.45) is 5.90 Å². The van der Waals surface area contributed by atoms with Crippen LogP contribution < -0.4 is 5.90 Å². The normalized spacial score (nSPS) is 10.2. The van der Waals surface area contributed by atoms with Gasteiger partial charge in [0, 0.05) is 15.7 Å². The Balaban J connectivity index is 2.37. The van der Waals surface area contributed by atoms with Crippen molar-refractivity contribution >= 4 is 23.4 Å². The molecule has 0 radical (unpaired) electrons. The number of halogens is 1. The number of benzene rings is 1. The quantitative estimate of drug-likeness (QED) is 0.464. The standard InChI is InChI=1S/C8H10ClNOS/c9-7-1-3-8(4-2-7)12-6-5-11-10/h1-4H,5-6,10H2. The first kappa shape index (κ1) is 9.86. The van der Waals surface area contributed by atoms with Gasteiger partial charge in [0.2, 0.25) is 0 Å². The molecule has 1 rings (SSSR count). The Morgan fingerprint density at radius 1 is 1.33 bits per heavy atom. The second-order valence-electron chi connectivity index (χ2n) is 2.17. The molecule has 0 heterocycles. The molecule has 1 aromatic rings. The van der Waals surface area contributed by atoms with Crippen molar-refractivity contribution in [3.05, 3.63) is 29.3 Å². The minimum absolute atomic E-state index is 0.563. The Bertz CT molecular complexity index is 227. The fraction of sp³-hybridized carbons (Fsp3) is 0.250. The van der Waals surface area contributed by atoms with Gasteiger partial charge < -0.3 is 4.84 Å². The van der Waals surface area contributed by atoms with Crippen LogP contribution in [0.2, 0.25) is 5.02 Å². The van der Waals surface area contributed by atoms with Crippen molar-refractivity contribution in [2.45, 2.75) is 4.90 Å². The maximum atomic E-state index is 5.72. The summed E-state index contributed by atoms with van der Waals surface area (Å²) in [6, 6.07) is 7.69. The van der Waals surface area contributed by atoms with Crippen LogP contribution in [-0.4, -0.2) is 12.4 Å². The maximum absolute atomic E-state index is 5.72. The molecule has 12 heavy (non-hydrogen) atoms. The lowest BCUT2D eigenvalue weighted by molar-refractivity contribution is 0.155. The van der Waals surface area contributed by atoms with Gasteiger partial charge in [-0.25, -0.2) is 5.90 Å². The van der Waals surface area contributed by atoms with Crippen LogP contribution >= 0.6 is 23.4 Å². The highest BCUT2D eigenvalue weighted by atomic mass is 35.5. The summed E-state index contributed by atoms with van der Waals surface area (Å²) in [5, 5.41) is 0.759. The van der Waals surface area contributed by atoms with Crippen LogP contribution in [0.5, 0.6) is 0 Å². The van der Waals surface area contributed by atoms with Crippen LogP contribution in [0.3, 0.4) is 0 Å². The molecule has 4 heteroatoms. The molecule has 0 unspecified atom stereocenters. The lowest BCUT2D eigenvalue weighted by Gasteiger charge is -1.99. The van der Waals surface area contributed by atoms with Gasteiger partial charge in [-0.2, -0.15) is 0 Å². The van der Waals surface area contributed by atoms with Gasteiger partial charge in [0.15, 0.2) is 0 Å². The van der Waals surface area contributed by atoms with E-state index in [0.717, 1.165) is 10.8 Å². The SMILES string of the molecule is NOCCSc1ccc(Cl)cc1. The maximum Gasteiger partial charge on any atom is 0.0773 e. The summed E-state index contributed by atoms with van der Waals surface area (Å²) < 4.78 is 0. The number of hydrogen-bond donors (Lipinski definition) is 1. The molecule has 1 aromatic carbocycles. The third-order valence-corrected chi connectivity index (χ3v) is 2.51. The van der Waals surface area contributed by atoms with Crippen molar-refractivity contribution in [3.63, 3.8) is 0 Å². The lowest BCUT2D eigenvalue weighted by Crippen LogP contribution is -2.02. The molecule has 0 aliphatic carbocycles. The second kappa shape index (κ2) is 5.43. The molecular formula is C8H10ClNOS. The van der Waals surface area contributed by atoms with Crippen LogP contribution in [0.25, 0.3) is 0 Å². The van der Waals surface area contributed by atoms with Gasteiger partial charge in [0.1, 0.15) is 0 Å². The molecule has 0 bridgehead atoms. The molecule has 0 aliphatic heterocycles. The van der Waals surface area contributed by atoms with Crippen molar-refractivity contribution < 1.29 is 4.84 Å². The number of thioether (sulfide) groups is 1. The summed E-state index contributed by atoms with van der Waals surface area (Å²) in [6.07, 6.45) is 0. The van der Waals surface area contributed by atoms with E-state index in [4.69, 9.17) is 17.5 Å². The van der Waals surface area contributed by atoms with E-state index in [1.165, 1.54) is 4.90 Å². The van der Waals surface area contributed by atoms with Crippen LogP contribution in [0.15, 0.2) is 29.2 Å². The Morgan fingerprint density at radius 2 is 2.00 bits per heavy atom. The molecule has 0 aromatic heterocycles. The first-order valence-electron chi connectivity index (χ1n) is 3.53. The van der Waals surface area contributed by atoms with Crippen molar-refractivity contribution in [1.29, 1.82) is 0 Å². The van der Waals surface area contributed by atoms with Gasteiger partial charge in [0.05, 0.1) is 6.61 Å². The van der Waals surface area contributed by atoms with Gasteiger partial charge in [0.25, 0.3) is 0 Å². The molecule has 0 fully saturated rings. The fourth-order valence-electron chi connectivity index (χ4n) is 0.738. The predicted molar refractivity (Wildman–Crippen MR) is 52.3 cm³/mol. The third-order valence-electron chi connectivity index (χ3n) is 1.28. The Labute approximate surface area is 81.0 Å². The zero-order chi connectivity index (χ0) is 8.81. The summed E-state index contributed by atoms with van der Waals surface area (Å²) in [4.78, 5) is 5.62. The fourth-order valence-corrected chi connectivity index (χ4v) is 1.61. The van der Waals surface area contributed by atoms with E-state index >= 15 is 0 Å². The third kappa shape index (κ3) is 3.45. The van der Waals surface area contributed by atoms with Gasteiger partial charge in [-0.1, -0.05) is 11.6 Å². The summed E-state index contributed by atoms with van der Waals surface area (Å²) in [7, 11) is 0. The monoisotopic (exact) mass is 203 g/mol. The van der Waals surface area contributed by atoms with Crippen LogP contribution in [0, 0.1) is 0 Å². The summed E-state index contributed by atoms with van der Waals surface area (Å²) in [5.74, 6) is 5.74. The molecule has 0 spiro atoms. The lowest BCUT2D eigenvalue weighted by atomic mass is 10.4. The number of nitrogens with two attached hydrogens (primary N) is 1. The zero-order valence-corrected chi connectivity index (χ0v) is 8.07. The molecule has 0 aliphatic rings. The molecule has 0 saturated carbocycles. The van der Waals surface area contributed by atoms with Crippen LogP contribution in [-0.2, 0) is 4.84 Å². The van der Waals surface area contributed by atoms with Crippen molar-refractivity contribution in [3.8, 4) is 0 Å². The van der Waals surface area contributed by atoms with E-state index in [1.807, 2.05) is 24.3 Å². The van der Waals surface area contributed by atoms with E-state index in [9.17, 15) is 0 Å². The van der Waals surface area contributed by atoms with E-state index in [1.54, 1.807) is 11.8 Å². The van der Waals surface area contributed by atoms with E-state index in [-0.39, 0.29) is 0 Å². The first-order valence-corrected chi connectivity index (χ1v) is 4.89. The van der Waals surface area contributed by atoms with Crippen LogP contribution in [0.1, 0.15) is 0 Å². The summed E-state index contributed by atoms with van der Waals surface area (Å²) >= 11 is 7.41. The molecule has 0 amide bonds. The van der Waals surface area contributed by atoms with Crippen molar-refractivity contribution in [1.82, 2.24) is 0 Å². The Morgan fingerprint density at radius 3 is 2.58 bits per heavy atom. The van der Waals surface area contributed by atoms with Gasteiger partial charge in [-0.05, 0) is 24.3 Å². The van der Waals surface area contributed by atoms with E-state index in [2.05, 4.69) is 4.84 Å². The van der Waals surface area contributed by atoms with E-state index in [0.29, 0.717) is 6.61 Å². The largest absolute Gasteiger partial charge is 0.304 e. The predicted octanol–water partition coefficient (Wildman–Crippen LogP) is 2.32. The molecule has 66 valence electrons. The average molecular weight is 204 g/mol. The highest BCUT2D eigenvalue weighted by Crippen LogP contribution is 2.19. The highest BCUT2D eigenvalue weighted by molar-refractivity contribution is 7.99. The average Bonchev–Trinajstić information content (AvgIpc) is 2.09. The molecule has 2 N–H and O–H groups in total. The molecular weight excluding hydrogens is 194 g/mol. The van der Waals surface area contributed by atoms with Gasteiger partial charge in [-0.15, -0.1) is 11.8 Å². The summed E-state index contributed by atoms with van der Waals surface area (Å²) in [6.45, 7) is 0.563. The Kier molecular flexibility index (Phi) is 4.46. The van der Waals surface area contributed by atoms with Crippen LogP contribution in [0.4, 0.5) is 0 Å². The topological polar surface area (TPSA) is 35.2 Å². The number of hydrogen-bond acceptors (Lipinski definition) is 3. The summed E-state index contributed by atoms with van der Waals surface area (Å²) in [5.41, 5.74) is 0. The second-order valence-corrected chi connectivity index (χ2v) is 3.78. The number of rotatable bonds is 4. The van der Waals surface area contributed by atoms with E-state index < -0.39 is 0 Å². The molecule has 0 saturated heterocycles. The first-order chi connectivity index (χ1) is 5.83. The smallest absolute Gasteiger partial charge is 0.0773 e. The van der Waals surface area contributed by atoms with Gasteiger partial charge in [-0.3, -0.25) is 0 Å².